The van der Waals surface area contributed by atoms with E-state index < -0.39 is 22.0 Å². The lowest BCUT2D eigenvalue weighted by molar-refractivity contribution is -0.123. The molecule has 1 rings (SSSR count). The summed E-state index contributed by atoms with van der Waals surface area (Å²) in [5.41, 5.74) is 0.966. The predicted molar refractivity (Wildman–Crippen MR) is 80.4 cm³/mol. The molecule has 0 unspecified atom stereocenters. The molecule has 1 amide bonds. The van der Waals surface area contributed by atoms with Gasteiger partial charge in [0.25, 0.3) is 0 Å². The molecule has 2 N–H and O–H groups in total. The van der Waals surface area contributed by atoms with Crippen LogP contribution in [-0.2, 0) is 19.6 Å². The normalized spacial score (nSPS) is 14.5. The fourth-order valence-electron chi connectivity index (χ4n) is 1.73. The number of nitrogens with one attached hydrogen (secondary N) is 2. The van der Waals surface area contributed by atoms with Crippen molar-refractivity contribution in [1.29, 1.82) is 0 Å². The SMILES string of the molecule is COC[C@H](C)NC(=O)[C@@H](C)NS(=O)(=O)c1ccc(C)cc1. The van der Waals surface area contributed by atoms with Crippen LogP contribution in [0.1, 0.15) is 19.4 Å². The first-order valence-corrected chi connectivity index (χ1v) is 8.13. The Labute approximate surface area is 125 Å². The monoisotopic (exact) mass is 314 g/mol. The third-order valence-electron chi connectivity index (χ3n) is 2.86. The number of methoxy groups -OCH3 is 1. The molecule has 2 atom stereocenters. The number of carbonyl (C=O) groups excluding carboxylic acids is 1. The fourth-order valence-corrected chi connectivity index (χ4v) is 2.93. The molecule has 0 radical (unpaired) electrons. The largest absolute Gasteiger partial charge is 0.383 e. The Morgan fingerprint density at radius 1 is 1.24 bits per heavy atom. The number of ether oxygens (including phenoxy) is 1. The lowest BCUT2D eigenvalue weighted by atomic mass is 10.2. The number of aryl methyl sites for hydroxylation is 1. The van der Waals surface area contributed by atoms with E-state index in [1.807, 2.05) is 6.92 Å². The maximum absolute atomic E-state index is 12.2. The first-order valence-electron chi connectivity index (χ1n) is 6.64. The van der Waals surface area contributed by atoms with E-state index in [9.17, 15) is 13.2 Å². The summed E-state index contributed by atoms with van der Waals surface area (Å²) in [5.74, 6) is -0.393. The molecule has 0 saturated carbocycles. The van der Waals surface area contributed by atoms with E-state index in [2.05, 4.69) is 10.0 Å². The molecule has 0 aromatic heterocycles. The molecule has 1 aromatic rings. The summed E-state index contributed by atoms with van der Waals surface area (Å²) in [6.45, 7) is 5.52. The van der Waals surface area contributed by atoms with Gasteiger partial charge in [-0.2, -0.15) is 4.72 Å². The van der Waals surface area contributed by atoms with Crippen molar-refractivity contribution >= 4 is 15.9 Å². The summed E-state index contributed by atoms with van der Waals surface area (Å²) in [5, 5.41) is 2.67. The van der Waals surface area contributed by atoms with Crippen molar-refractivity contribution in [2.75, 3.05) is 13.7 Å². The highest BCUT2D eigenvalue weighted by atomic mass is 32.2. The van der Waals surface area contributed by atoms with Crippen molar-refractivity contribution in [1.82, 2.24) is 10.0 Å². The van der Waals surface area contributed by atoms with E-state index in [4.69, 9.17) is 4.74 Å². The number of carbonyl (C=O) groups is 1. The number of amides is 1. The van der Waals surface area contributed by atoms with Crippen molar-refractivity contribution in [3.8, 4) is 0 Å². The number of rotatable bonds is 7. The maximum atomic E-state index is 12.2. The van der Waals surface area contributed by atoms with E-state index in [-0.39, 0.29) is 10.9 Å². The van der Waals surface area contributed by atoms with Gasteiger partial charge in [0, 0.05) is 13.2 Å². The fraction of sp³-hybridized carbons (Fsp3) is 0.500. The van der Waals surface area contributed by atoms with Crippen LogP contribution in [-0.4, -0.2) is 40.1 Å². The van der Waals surface area contributed by atoms with Gasteiger partial charge in [0.15, 0.2) is 0 Å². The average molecular weight is 314 g/mol. The quantitative estimate of drug-likeness (QED) is 0.780. The third-order valence-corrected chi connectivity index (χ3v) is 4.42. The summed E-state index contributed by atoms with van der Waals surface area (Å²) in [4.78, 5) is 12.0. The van der Waals surface area contributed by atoms with Gasteiger partial charge < -0.3 is 10.1 Å². The van der Waals surface area contributed by atoms with Crippen LogP contribution in [0.2, 0.25) is 0 Å². The number of hydrogen-bond acceptors (Lipinski definition) is 4. The Balaban J connectivity index is 2.70. The molecular weight excluding hydrogens is 292 g/mol. The molecular formula is C14H22N2O4S. The maximum Gasteiger partial charge on any atom is 0.241 e. The standard InChI is InChI=1S/C14H22N2O4S/c1-10-5-7-13(8-6-10)21(18,19)16-12(3)14(17)15-11(2)9-20-4/h5-8,11-12,16H,9H2,1-4H3,(H,15,17)/t11-,12+/m0/s1. The highest BCUT2D eigenvalue weighted by Crippen LogP contribution is 2.10. The van der Waals surface area contributed by atoms with E-state index in [0.29, 0.717) is 6.61 Å². The Kier molecular flexibility index (Phi) is 6.32. The molecule has 0 spiro atoms. The lowest BCUT2D eigenvalue weighted by Gasteiger charge is -2.18. The third kappa shape index (κ3) is 5.45. The zero-order valence-corrected chi connectivity index (χ0v) is 13.5. The van der Waals surface area contributed by atoms with E-state index in [1.54, 1.807) is 19.1 Å². The van der Waals surface area contributed by atoms with Gasteiger partial charge in [0.1, 0.15) is 0 Å². The second-order valence-electron chi connectivity index (χ2n) is 5.02. The molecule has 21 heavy (non-hydrogen) atoms. The van der Waals surface area contributed by atoms with Crippen molar-refractivity contribution in [2.24, 2.45) is 0 Å². The minimum atomic E-state index is -3.71. The Morgan fingerprint density at radius 2 is 1.81 bits per heavy atom. The molecule has 0 aliphatic carbocycles. The zero-order valence-electron chi connectivity index (χ0n) is 12.7. The second-order valence-corrected chi connectivity index (χ2v) is 6.73. The van der Waals surface area contributed by atoms with Crippen LogP contribution in [0.3, 0.4) is 0 Å². The molecule has 1 aromatic carbocycles. The zero-order chi connectivity index (χ0) is 16.0. The van der Waals surface area contributed by atoms with E-state index in [0.717, 1.165) is 5.56 Å². The molecule has 0 aliphatic heterocycles. The lowest BCUT2D eigenvalue weighted by Crippen LogP contribution is -2.48. The van der Waals surface area contributed by atoms with Crippen LogP contribution in [0.15, 0.2) is 29.2 Å². The molecule has 6 nitrogen and oxygen atoms in total. The molecule has 0 bridgehead atoms. The predicted octanol–water partition coefficient (Wildman–Crippen LogP) is 0.813. The van der Waals surface area contributed by atoms with Crippen molar-refractivity contribution < 1.29 is 17.9 Å². The number of sulfonamides is 1. The second kappa shape index (κ2) is 7.53. The van der Waals surface area contributed by atoms with Crippen molar-refractivity contribution in [3.63, 3.8) is 0 Å². The molecule has 0 saturated heterocycles. The van der Waals surface area contributed by atoms with Gasteiger partial charge in [-0.25, -0.2) is 8.42 Å². The number of hydrogen-bond donors (Lipinski definition) is 2. The van der Waals surface area contributed by atoms with E-state index in [1.165, 1.54) is 26.2 Å². The summed E-state index contributed by atoms with van der Waals surface area (Å²) in [7, 11) is -2.18. The van der Waals surface area contributed by atoms with Gasteiger partial charge in [0.2, 0.25) is 15.9 Å². The van der Waals surface area contributed by atoms with Crippen molar-refractivity contribution in [3.05, 3.63) is 29.8 Å². The Morgan fingerprint density at radius 3 is 2.33 bits per heavy atom. The molecule has 0 heterocycles. The Hall–Kier alpha value is -1.44. The van der Waals surface area contributed by atoms with Crippen LogP contribution in [0.5, 0.6) is 0 Å². The van der Waals surface area contributed by atoms with Gasteiger partial charge in [-0.15, -0.1) is 0 Å². The van der Waals surface area contributed by atoms with Gasteiger partial charge in [-0.05, 0) is 32.9 Å². The van der Waals surface area contributed by atoms with Crippen LogP contribution in [0.4, 0.5) is 0 Å². The van der Waals surface area contributed by atoms with E-state index >= 15 is 0 Å². The van der Waals surface area contributed by atoms with Crippen LogP contribution >= 0.6 is 0 Å². The summed E-state index contributed by atoms with van der Waals surface area (Å²) >= 11 is 0. The molecule has 0 aliphatic rings. The van der Waals surface area contributed by atoms with Crippen molar-refractivity contribution in [2.45, 2.75) is 37.8 Å². The van der Waals surface area contributed by atoms with Crippen LogP contribution < -0.4 is 10.0 Å². The first-order chi connectivity index (χ1) is 9.76. The summed E-state index contributed by atoms with van der Waals surface area (Å²) in [6.07, 6.45) is 0. The smallest absolute Gasteiger partial charge is 0.241 e. The Bertz CT molecular complexity index is 569. The summed E-state index contributed by atoms with van der Waals surface area (Å²) < 4.78 is 31.6. The minimum Gasteiger partial charge on any atom is -0.383 e. The van der Waals surface area contributed by atoms with Gasteiger partial charge >= 0.3 is 0 Å². The van der Waals surface area contributed by atoms with Gasteiger partial charge in [-0.1, -0.05) is 17.7 Å². The molecule has 118 valence electrons. The van der Waals surface area contributed by atoms with Gasteiger partial charge in [-0.3, -0.25) is 4.79 Å². The topological polar surface area (TPSA) is 84.5 Å². The van der Waals surface area contributed by atoms with Crippen LogP contribution in [0, 0.1) is 6.92 Å². The highest BCUT2D eigenvalue weighted by molar-refractivity contribution is 7.89. The molecule has 0 fully saturated rings. The van der Waals surface area contributed by atoms with Gasteiger partial charge in [0.05, 0.1) is 17.5 Å². The molecule has 7 heteroatoms. The first kappa shape index (κ1) is 17.6. The minimum absolute atomic E-state index is 0.137. The number of benzene rings is 1. The highest BCUT2D eigenvalue weighted by Gasteiger charge is 2.22. The van der Waals surface area contributed by atoms with Crippen LogP contribution in [0.25, 0.3) is 0 Å². The average Bonchev–Trinajstić information content (AvgIpc) is 2.38. The summed E-state index contributed by atoms with van der Waals surface area (Å²) in [6, 6.07) is 5.38.